The van der Waals surface area contributed by atoms with Crippen LogP contribution in [0, 0.1) is 17.8 Å². The van der Waals surface area contributed by atoms with Gasteiger partial charge in [-0.3, -0.25) is 24.1 Å². The molecule has 0 aliphatic carbocycles. The summed E-state index contributed by atoms with van der Waals surface area (Å²) in [5.74, 6) is -1.31. The Labute approximate surface area is 286 Å². The fourth-order valence-corrected chi connectivity index (χ4v) is 5.21. The number of likely N-dealkylation sites (N-methyl/N-ethyl adjacent to an activating group) is 2. The quantitative estimate of drug-likeness (QED) is 0.0929. The molecular formula is C35H59N9O4. The van der Waals surface area contributed by atoms with Crippen LogP contribution in [0.25, 0.3) is 0 Å². The number of carbonyl (C=O) groups is 4. The molecule has 4 amide bonds. The second-order valence-corrected chi connectivity index (χ2v) is 13.0. The summed E-state index contributed by atoms with van der Waals surface area (Å²) in [6, 6.07) is 6.16. The standard InChI is InChI=1S/C35H59N9O4/c1-8-25(4)32(43-33(46)26(5)17-29-21-38-23-41-29)35(48)42-30(16-24(2)3)34(47)40-20-28-11-9-10-27(18-28)19-39-31(45)22-44(14-12-36-6)15-13-37-7/h9-11,18,21,23-26,30,32,36-37H,8,12-17,19-20,22H2,1-7H3,(H,38,41)(H,39,45)(H,40,47)(H,42,48)(H,43,46)/t25?,26-,30-,32-/m0/s1. The van der Waals surface area contributed by atoms with Crippen molar-refractivity contribution in [2.24, 2.45) is 17.8 Å². The van der Waals surface area contributed by atoms with Crippen LogP contribution in [0.1, 0.15) is 64.3 Å². The number of benzene rings is 1. The Morgan fingerprint density at radius 2 is 1.52 bits per heavy atom. The van der Waals surface area contributed by atoms with Gasteiger partial charge in [-0.2, -0.15) is 0 Å². The third kappa shape index (κ3) is 15.0. The number of nitrogens with one attached hydrogen (secondary N) is 7. The number of hydrogen-bond donors (Lipinski definition) is 7. The zero-order valence-electron chi connectivity index (χ0n) is 29.9. The lowest BCUT2D eigenvalue weighted by Crippen LogP contribution is -2.56. The Balaban J connectivity index is 1.99. The van der Waals surface area contributed by atoms with Crippen LogP contribution in [-0.4, -0.2) is 97.4 Å². The SMILES string of the molecule is CCC(C)[C@H](NC(=O)[C@@H](C)Cc1cnc[nH]1)C(=O)N[C@@H](CC(C)C)C(=O)NCc1cccc(CNC(=O)CN(CCNC)CCNC)c1. The van der Waals surface area contributed by atoms with Crippen molar-refractivity contribution in [2.75, 3.05) is 46.8 Å². The van der Waals surface area contributed by atoms with Gasteiger partial charge in [0.15, 0.2) is 0 Å². The molecule has 0 aliphatic rings. The van der Waals surface area contributed by atoms with E-state index in [0.717, 1.165) is 43.0 Å². The van der Waals surface area contributed by atoms with Gasteiger partial charge in [-0.1, -0.05) is 65.3 Å². The van der Waals surface area contributed by atoms with E-state index in [4.69, 9.17) is 0 Å². The molecule has 48 heavy (non-hydrogen) atoms. The highest BCUT2D eigenvalue weighted by Gasteiger charge is 2.31. The number of H-pyrrole nitrogens is 1. The topological polar surface area (TPSA) is 172 Å². The van der Waals surface area contributed by atoms with Crippen LogP contribution in [-0.2, 0) is 38.7 Å². The maximum Gasteiger partial charge on any atom is 0.243 e. The van der Waals surface area contributed by atoms with Crippen molar-refractivity contribution in [3.05, 3.63) is 53.6 Å². The monoisotopic (exact) mass is 669 g/mol. The van der Waals surface area contributed by atoms with Crippen molar-refractivity contribution in [2.45, 2.75) is 79.1 Å². The number of nitrogens with zero attached hydrogens (tertiary/aromatic N) is 2. The maximum absolute atomic E-state index is 13.6. The average Bonchev–Trinajstić information content (AvgIpc) is 3.58. The minimum absolute atomic E-state index is 0.0488. The van der Waals surface area contributed by atoms with Gasteiger partial charge >= 0.3 is 0 Å². The van der Waals surface area contributed by atoms with Gasteiger partial charge in [-0.15, -0.1) is 0 Å². The van der Waals surface area contributed by atoms with Crippen LogP contribution in [0.5, 0.6) is 0 Å². The van der Waals surface area contributed by atoms with Crippen LogP contribution < -0.4 is 31.9 Å². The van der Waals surface area contributed by atoms with Crippen LogP contribution in [0.3, 0.4) is 0 Å². The van der Waals surface area contributed by atoms with Crippen molar-refractivity contribution in [3.63, 3.8) is 0 Å². The van der Waals surface area contributed by atoms with Crippen LogP contribution >= 0.6 is 0 Å². The molecule has 4 atom stereocenters. The first kappa shape index (κ1) is 40.4. The molecule has 7 N–H and O–H groups in total. The Morgan fingerprint density at radius 1 is 0.875 bits per heavy atom. The van der Waals surface area contributed by atoms with Crippen molar-refractivity contribution < 1.29 is 19.2 Å². The normalized spacial score (nSPS) is 13.9. The molecule has 0 radical (unpaired) electrons. The molecule has 1 heterocycles. The van der Waals surface area contributed by atoms with Crippen molar-refractivity contribution >= 4 is 23.6 Å². The number of imidazole rings is 1. The van der Waals surface area contributed by atoms with E-state index in [-0.39, 0.29) is 47.9 Å². The first-order valence-electron chi connectivity index (χ1n) is 17.2. The Morgan fingerprint density at radius 3 is 2.08 bits per heavy atom. The summed E-state index contributed by atoms with van der Waals surface area (Å²) in [4.78, 5) is 61.8. The molecule has 0 fully saturated rings. The smallest absolute Gasteiger partial charge is 0.243 e. The summed E-state index contributed by atoms with van der Waals surface area (Å²) in [5, 5.41) is 18.1. The molecule has 2 rings (SSSR count). The van der Waals surface area contributed by atoms with Gasteiger partial charge in [0, 0.05) is 63.5 Å². The molecule has 2 aromatic rings. The van der Waals surface area contributed by atoms with Crippen LogP contribution in [0.4, 0.5) is 0 Å². The lowest BCUT2D eigenvalue weighted by Gasteiger charge is -2.28. The number of rotatable bonds is 23. The Hall–Kier alpha value is -3.81. The van der Waals surface area contributed by atoms with E-state index in [1.807, 2.05) is 73.0 Å². The second kappa shape index (κ2) is 21.9. The fourth-order valence-electron chi connectivity index (χ4n) is 5.21. The lowest BCUT2D eigenvalue weighted by molar-refractivity contribution is -0.134. The molecular weight excluding hydrogens is 610 g/mol. The van der Waals surface area contributed by atoms with Gasteiger partial charge in [-0.05, 0) is 43.5 Å². The number of aromatic nitrogens is 2. The number of amides is 4. The Kier molecular flexibility index (Phi) is 18.5. The molecule has 0 saturated carbocycles. The first-order chi connectivity index (χ1) is 23.0. The van der Waals surface area contributed by atoms with Gasteiger partial charge in [0.2, 0.25) is 23.6 Å². The highest BCUT2D eigenvalue weighted by Crippen LogP contribution is 2.13. The van der Waals surface area contributed by atoms with E-state index in [2.05, 4.69) is 46.8 Å². The average molecular weight is 670 g/mol. The molecule has 1 aromatic heterocycles. The van der Waals surface area contributed by atoms with E-state index in [0.29, 0.717) is 32.4 Å². The Bertz CT molecular complexity index is 1250. The van der Waals surface area contributed by atoms with Gasteiger partial charge in [-0.25, -0.2) is 4.98 Å². The molecule has 13 heteroatoms. The summed E-state index contributed by atoms with van der Waals surface area (Å²) in [6.45, 7) is 13.8. The van der Waals surface area contributed by atoms with Crippen LogP contribution in [0.2, 0.25) is 0 Å². The van der Waals surface area contributed by atoms with E-state index < -0.39 is 12.1 Å². The van der Waals surface area contributed by atoms with Crippen molar-refractivity contribution in [1.82, 2.24) is 46.8 Å². The summed E-state index contributed by atoms with van der Waals surface area (Å²) >= 11 is 0. The molecule has 268 valence electrons. The molecule has 0 aliphatic heterocycles. The van der Waals surface area contributed by atoms with Gasteiger partial charge in [0.05, 0.1) is 12.9 Å². The molecule has 0 spiro atoms. The number of carbonyl (C=O) groups excluding carboxylic acids is 4. The van der Waals surface area contributed by atoms with E-state index >= 15 is 0 Å². The van der Waals surface area contributed by atoms with Crippen LogP contribution in [0.15, 0.2) is 36.8 Å². The minimum Gasteiger partial charge on any atom is -0.351 e. The molecule has 0 bridgehead atoms. The molecule has 1 aromatic carbocycles. The summed E-state index contributed by atoms with van der Waals surface area (Å²) in [6.07, 6.45) is 4.84. The summed E-state index contributed by atoms with van der Waals surface area (Å²) in [5.41, 5.74) is 2.65. The van der Waals surface area contributed by atoms with Crippen molar-refractivity contribution in [3.8, 4) is 0 Å². The highest BCUT2D eigenvalue weighted by molar-refractivity contribution is 5.92. The van der Waals surface area contributed by atoms with Gasteiger partial charge in [0.1, 0.15) is 12.1 Å². The highest BCUT2D eigenvalue weighted by atomic mass is 16.2. The first-order valence-corrected chi connectivity index (χ1v) is 17.2. The third-order valence-electron chi connectivity index (χ3n) is 8.33. The van der Waals surface area contributed by atoms with E-state index in [9.17, 15) is 19.2 Å². The molecule has 13 nitrogen and oxygen atoms in total. The van der Waals surface area contributed by atoms with E-state index in [1.165, 1.54) is 0 Å². The van der Waals surface area contributed by atoms with Gasteiger partial charge < -0.3 is 36.9 Å². The number of aromatic amines is 1. The zero-order chi connectivity index (χ0) is 35.5. The predicted molar refractivity (Wildman–Crippen MR) is 189 cm³/mol. The second-order valence-electron chi connectivity index (χ2n) is 13.0. The fraction of sp³-hybridized carbons (Fsp3) is 0.629. The predicted octanol–water partition coefficient (Wildman–Crippen LogP) is 1.32. The van der Waals surface area contributed by atoms with Gasteiger partial charge in [0.25, 0.3) is 0 Å². The van der Waals surface area contributed by atoms with Crippen molar-refractivity contribution in [1.29, 1.82) is 0 Å². The zero-order valence-corrected chi connectivity index (χ0v) is 29.9. The molecule has 1 unspecified atom stereocenters. The van der Waals surface area contributed by atoms with E-state index in [1.54, 1.807) is 12.5 Å². The lowest BCUT2D eigenvalue weighted by atomic mass is 9.95. The minimum atomic E-state index is -0.778. The summed E-state index contributed by atoms with van der Waals surface area (Å²) < 4.78 is 0. The molecule has 0 saturated heterocycles. The summed E-state index contributed by atoms with van der Waals surface area (Å²) in [7, 11) is 3.79. The number of hydrogen-bond acceptors (Lipinski definition) is 8. The third-order valence-corrected chi connectivity index (χ3v) is 8.33. The maximum atomic E-state index is 13.6. The largest absolute Gasteiger partial charge is 0.351 e.